The van der Waals surface area contributed by atoms with Crippen molar-refractivity contribution in [3.8, 4) is 0 Å². The van der Waals surface area contributed by atoms with Crippen LogP contribution in [0.1, 0.15) is 29.5 Å². The van der Waals surface area contributed by atoms with E-state index in [2.05, 4.69) is 36.2 Å². The molecule has 1 fully saturated rings. The Morgan fingerprint density at radius 3 is 2.44 bits per heavy atom. The normalized spacial score (nSPS) is 16.0. The number of carbonyl (C=O) groups excluding carboxylic acids is 1. The van der Waals surface area contributed by atoms with Gasteiger partial charge in [0.05, 0.1) is 0 Å². The Morgan fingerprint density at radius 1 is 1.12 bits per heavy atom. The van der Waals surface area contributed by atoms with Crippen LogP contribution in [0.25, 0.3) is 0 Å². The zero-order chi connectivity index (χ0) is 17.8. The third kappa shape index (κ3) is 5.07. The van der Waals surface area contributed by atoms with Crippen LogP contribution in [-0.4, -0.2) is 23.9 Å². The van der Waals surface area contributed by atoms with Crippen LogP contribution < -0.4 is 5.32 Å². The van der Waals surface area contributed by atoms with Crippen molar-refractivity contribution in [2.24, 2.45) is 5.92 Å². The minimum absolute atomic E-state index is 0.0939. The van der Waals surface area contributed by atoms with Gasteiger partial charge >= 0.3 is 0 Å². The molecule has 25 heavy (non-hydrogen) atoms. The number of anilines is 1. The van der Waals surface area contributed by atoms with Gasteiger partial charge in [0, 0.05) is 23.2 Å². The molecule has 1 aliphatic heterocycles. The van der Waals surface area contributed by atoms with Crippen molar-refractivity contribution in [3.05, 3.63) is 64.2 Å². The summed E-state index contributed by atoms with van der Waals surface area (Å²) in [6, 6.07) is 14.2. The molecule has 4 heteroatoms. The fourth-order valence-corrected chi connectivity index (χ4v) is 3.75. The summed E-state index contributed by atoms with van der Waals surface area (Å²) in [5, 5.41) is 3.87. The van der Waals surface area contributed by atoms with Gasteiger partial charge in [-0.3, -0.25) is 9.69 Å². The molecule has 2 aromatic rings. The standard InChI is InChI=1S/C21H25ClN2O/c1-15-10-16(2)12-20(11-15)23-21(25)18-6-8-24(9-7-18)14-17-4-3-5-19(22)13-17/h3-5,10-13,18H,6-9,14H2,1-2H3,(H,23,25). The number of aryl methyl sites for hydroxylation is 2. The monoisotopic (exact) mass is 356 g/mol. The molecule has 0 bridgehead atoms. The summed E-state index contributed by atoms with van der Waals surface area (Å²) >= 11 is 6.06. The lowest BCUT2D eigenvalue weighted by Gasteiger charge is -2.31. The third-order valence-electron chi connectivity index (χ3n) is 4.74. The minimum atomic E-state index is 0.0939. The molecule has 3 nitrogen and oxygen atoms in total. The van der Waals surface area contributed by atoms with E-state index in [1.807, 2.05) is 30.3 Å². The number of piperidine rings is 1. The lowest BCUT2D eigenvalue weighted by Crippen LogP contribution is -2.37. The van der Waals surface area contributed by atoms with Crippen LogP contribution in [-0.2, 0) is 11.3 Å². The van der Waals surface area contributed by atoms with Crippen molar-refractivity contribution in [2.45, 2.75) is 33.2 Å². The molecular formula is C21H25ClN2O. The van der Waals surface area contributed by atoms with E-state index in [1.54, 1.807) is 0 Å². The second-order valence-corrected chi connectivity index (χ2v) is 7.48. The summed E-state index contributed by atoms with van der Waals surface area (Å²) < 4.78 is 0. The van der Waals surface area contributed by atoms with Crippen LogP contribution in [0.15, 0.2) is 42.5 Å². The lowest BCUT2D eigenvalue weighted by molar-refractivity contribution is -0.121. The summed E-state index contributed by atoms with van der Waals surface area (Å²) in [6.45, 7) is 6.88. The predicted octanol–water partition coefficient (Wildman–Crippen LogP) is 4.81. The molecular weight excluding hydrogens is 332 g/mol. The van der Waals surface area contributed by atoms with Crippen LogP contribution in [0, 0.1) is 19.8 Å². The first-order chi connectivity index (χ1) is 12.0. The van der Waals surface area contributed by atoms with E-state index in [4.69, 9.17) is 11.6 Å². The fourth-order valence-electron chi connectivity index (χ4n) is 3.54. The third-order valence-corrected chi connectivity index (χ3v) is 4.98. The van der Waals surface area contributed by atoms with Crippen molar-refractivity contribution in [1.29, 1.82) is 0 Å². The number of benzene rings is 2. The molecule has 1 N–H and O–H groups in total. The van der Waals surface area contributed by atoms with Gasteiger partial charge in [0.1, 0.15) is 0 Å². The molecule has 0 radical (unpaired) electrons. The largest absolute Gasteiger partial charge is 0.326 e. The first-order valence-corrected chi connectivity index (χ1v) is 9.23. The number of nitrogens with zero attached hydrogens (tertiary/aromatic N) is 1. The molecule has 0 atom stereocenters. The van der Waals surface area contributed by atoms with Crippen molar-refractivity contribution < 1.29 is 4.79 Å². The highest BCUT2D eigenvalue weighted by molar-refractivity contribution is 6.30. The highest BCUT2D eigenvalue weighted by Crippen LogP contribution is 2.22. The molecule has 0 aliphatic carbocycles. The Hall–Kier alpha value is -1.84. The number of hydrogen-bond donors (Lipinski definition) is 1. The highest BCUT2D eigenvalue weighted by atomic mass is 35.5. The maximum absolute atomic E-state index is 12.6. The highest BCUT2D eigenvalue weighted by Gasteiger charge is 2.25. The number of rotatable bonds is 4. The molecule has 1 amide bonds. The molecule has 0 unspecified atom stereocenters. The van der Waals surface area contributed by atoms with Gasteiger partial charge in [-0.15, -0.1) is 0 Å². The Labute approximate surface area is 155 Å². The summed E-state index contributed by atoms with van der Waals surface area (Å²) in [4.78, 5) is 14.9. The van der Waals surface area contributed by atoms with Gasteiger partial charge in [-0.05, 0) is 80.7 Å². The van der Waals surface area contributed by atoms with Gasteiger partial charge in [-0.2, -0.15) is 0 Å². The molecule has 0 aromatic heterocycles. The van der Waals surface area contributed by atoms with Gasteiger partial charge in [-0.25, -0.2) is 0 Å². The van der Waals surface area contributed by atoms with E-state index in [-0.39, 0.29) is 11.8 Å². The number of carbonyl (C=O) groups is 1. The second kappa shape index (κ2) is 8.03. The van der Waals surface area contributed by atoms with Gasteiger partial charge in [0.15, 0.2) is 0 Å². The van der Waals surface area contributed by atoms with Gasteiger partial charge < -0.3 is 5.32 Å². The molecule has 1 saturated heterocycles. The second-order valence-electron chi connectivity index (χ2n) is 7.05. The van der Waals surface area contributed by atoms with Crippen molar-refractivity contribution >= 4 is 23.2 Å². The predicted molar refractivity (Wildman–Crippen MR) is 104 cm³/mol. The Morgan fingerprint density at radius 2 is 1.80 bits per heavy atom. The first kappa shape index (κ1) is 18.0. The smallest absolute Gasteiger partial charge is 0.227 e. The molecule has 3 rings (SSSR count). The zero-order valence-electron chi connectivity index (χ0n) is 14.9. The summed E-state index contributed by atoms with van der Waals surface area (Å²) in [5.74, 6) is 0.240. The number of amides is 1. The van der Waals surface area contributed by atoms with Crippen LogP contribution in [0.2, 0.25) is 5.02 Å². The van der Waals surface area contributed by atoms with Gasteiger partial charge in [0.25, 0.3) is 0 Å². The SMILES string of the molecule is Cc1cc(C)cc(NC(=O)C2CCN(Cc3cccc(Cl)c3)CC2)c1. The molecule has 0 saturated carbocycles. The Balaban J connectivity index is 1.52. The maximum Gasteiger partial charge on any atom is 0.227 e. The fraction of sp³-hybridized carbons (Fsp3) is 0.381. The number of likely N-dealkylation sites (tertiary alicyclic amines) is 1. The van der Waals surface area contributed by atoms with Gasteiger partial charge in [-0.1, -0.05) is 29.8 Å². The number of halogens is 1. The summed E-state index contributed by atoms with van der Waals surface area (Å²) in [6.07, 6.45) is 1.80. The summed E-state index contributed by atoms with van der Waals surface area (Å²) in [7, 11) is 0. The first-order valence-electron chi connectivity index (χ1n) is 8.85. The average Bonchev–Trinajstić information content (AvgIpc) is 2.54. The average molecular weight is 357 g/mol. The molecule has 1 heterocycles. The zero-order valence-corrected chi connectivity index (χ0v) is 15.6. The van der Waals surface area contributed by atoms with E-state index < -0.39 is 0 Å². The van der Waals surface area contributed by atoms with E-state index in [1.165, 1.54) is 16.7 Å². The Kier molecular flexibility index (Phi) is 5.77. The lowest BCUT2D eigenvalue weighted by atomic mass is 9.95. The summed E-state index contributed by atoms with van der Waals surface area (Å²) in [5.41, 5.74) is 4.48. The Bertz CT molecular complexity index is 731. The molecule has 132 valence electrons. The molecule has 2 aromatic carbocycles. The quantitative estimate of drug-likeness (QED) is 0.852. The van der Waals surface area contributed by atoms with Crippen LogP contribution in [0.4, 0.5) is 5.69 Å². The molecule has 1 aliphatic rings. The minimum Gasteiger partial charge on any atom is -0.326 e. The number of hydrogen-bond acceptors (Lipinski definition) is 2. The van der Waals surface area contributed by atoms with E-state index in [9.17, 15) is 4.79 Å². The van der Waals surface area contributed by atoms with Crippen molar-refractivity contribution in [2.75, 3.05) is 18.4 Å². The maximum atomic E-state index is 12.6. The van der Waals surface area contributed by atoms with Crippen LogP contribution in [0.3, 0.4) is 0 Å². The van der Waals surface area contributed by atoms with Crippen LogP contribution in [0.5, 0.6) is 0 Å². The van der Waals surface area contributed by atoms with E-state index in [0.717, 1.165) is 43.2 Å². The topological polar surface area (TPSA) is 32.3 Å². The molecule has 0 spiro atoms. The van der Waals surface area contributed by atoms with E-state index in [0.29, 0.717) is 0 Å². The van der Waals surface area contributed by atoms with Crippen LogP contribution >= 0.6 is 11.6 Å². The van der Waals surface area contributed by atoms with E-state index >= 15 is 0 Å². The number of nitrogens with one attached hydrogen (secondary N) is 1. The van der Waals surface area contributed by atoms with Gasteiger partial charge in [0.2, 0.25) is 5.91 Å². The van der Waals surface area contributed by atoms with Crippen molar-refractivity contribution in [3.63, 3.8) is 0 Å². The van der Waals surface area contributed by atoms with Crippen molar-refractivity contribution in [1.82, 2.24) is 4.90 Å².